The lowest BCUT2D eigenvalue weighted by molar-refractivity contribution is 0.0928. The zero-order valence-electron chi connectivity index (χ0n) is 16.8. The number of rotatable bonds is 5. The third-order valence-electron chi connectivity index (χ3n) is 5.42. The monoisotopic (exact) mass is 379 g/mol. The van der Waals surface area contributed by atoms with Gasteiger partial charge in [-0.05, 0) is 49.4 Å². The maximum atomic E-state index is 12.8. The largest absolute Gasteiger partial charge is 0.348 e. The summed E-state index contributed by atoms with van der Waals surface area (Å²) >= 11 is 0. The summed E-state index contributed by atoms with van der Waals surface area (Å²) in [5.74, 6) is -0.429. The highest BCUT2D eigenvalue weighted by atomic mass is 16.2. The van der Waals surface area contributed by atoms with Crippen molar-refractivity contribution in [2.45, 2.75) is 64.8 Å². The van der Waals surface area contributed by atoms with Crippen molar-refractivity contribution in [2.24, 2.45) is 0 Å². The van der Waals surface area contributed by atoms with Gasteiger partial charge in [-0.25, -0.2) is 0 Å². The molecule has 3 rings (SSSR count). The van der Waals surface area contributed by atoms with E-state index in [-0.39, 0.29) is 23.6 Å². The molecule has 0 bridgehead atoms. The van der Waals surface area contributed by atoms with Gasteiger partial charge in [0.25, 0.3) is 11.8 Å². The second kappa shape index (κ2) is 9.49. The van der Waals surface area contributed by atoms with Gasteiger partial charge in [0.2, 0.25) is 0 Å². The topological polar surface area (TPSA) is 71.1 Å². The number of hydrogen-bond donors (Lipinski definition) is 2. The highest BCUT2D eigenvalue weighted by Gasteiger charge is 2.18. The fourth-order valence-electron chi connectivity index (χ4n) is 3.77. The number of pyridine rings is 1. The molecule has 5 nitrogen and oxygen atoms in total. The molecule has 0 unspecified atom stereocenters. The van der Waals surface area contributed by atoms with Gasteiger partial charge in [-0.3, -0.25) is 14.6 Å². The number of hydrogen-bond acceptors (Lipinski definition) is 3. The van der Waals surface area contributed by atoms with E-state index in [2.05, 4.69) is 22.5 Å². The number of amides is 2. The third-order valence-corrected chi connectivity index (χ3v) is 5.42. The van der Waals surface area contributed by atoms with E-state index in [4.69, 9.17) is 0 Å². The quantitative estimate of drug-likeness (QED) is 0.743. The summed E-state index contributed by atoms with van der Waals surface area (Å²) in [5.41, 5.74) is 3.68. The molecule has 1 aromatic carbocycles. The van der Waals surface area contributed by atoms with Crippen LogP contribution in [0.15, 0.2) is 36.5 Å². The number of aryl methyl sites for hydroxylation is 2. The molecule has 1 saturated carbocycles. The van der Waals surface area contributed by atoms with Crippen LogP contribution in [0, 0.1) is 6.92 Å². The summed E-state index contributed by atoms with van der Waals surface area (Å²) in [6.45, 7) is 4.04. The molecule has 1 aromatic heterocycles. The maximum Gasteiger partial charge on any atom is 0.270 e. The Morgan fingerprint density at radius 3 is 2.54 bits per heavy atom. The lowest BCUT2D eigenvalue weighted by Gasteiger charge is -2.16. The molecule has 0 aliphatic heterocycles. The first-order valence-corrected chi connectivity index (χ1v) is 10.2. The molecule has 0 spiro atoms. The minimum absolute atomic E-state index is 0.202. The van der Waals surface area contributed by atoms with E-state index < -0.39 is 0 Å². The molecule has 1 aliphatic rings. The van der Waals surface area contributed by atoms with E-state index in [0.29, 0.717) is 5.56 Å². The molecular formula is C23H29N3O2. The summed E-state index contributed by atoms with van der Waals surface area (Å²) in [7, 11) is 0. The molecule has 0 radical (unpaired) electrons. The van der Waals surface area contributed by atoms with Crippen LogP contribution in [0.2, 0.25) is 0 Å². The summed E-state index contributed by atoms with van der Waals surface area (Å²) in [6, 6.07) is 9.40. The Hall–Kier alpha value is -2.69. The van der Waals surface area contributed by atoms with E-state index in [1.807, 2.05) is 25.1 Å². The lowest BCUT2D eigenvalue weighted by Crippen LogP contribution is -2.35. The second-order valence-electron chi connectivity index (χ2n) is 7.51. The van der Waals surface area contributed by atoms with Crippen molar-refractivity contribution in [3.63, 3.8) is 0 Å². The zero-order chi connectivity index (χ0) is 19.9. The second-order valence-corrected chi connectivity index (χ2v) is 7.51. The molecule has 2 N–H and O–H groups in total. The highest BCUT2D eigenvalue weighted by Crippen LogP contribution is 2.22. The van der Waals surface area contributed by atoms with Gasteiger partial charge < -0.3 is 10.6 Å². The molecule has 5 heteroatoms. The van der Waals surface area contributed by atoms with Crippen LogP contribution in [-0.2, 0) is 6.42 Å². The number of aromatic nitrogens is 1. The van der Waals surface area contributed by atoms with E-state index >= 15 is 0 Å². The number of nitrogens with one attached hydrogen (secondary N) is 2. The molecule has 1 fully saturated rings. The van der Waals surface area contributed by atoms with Crippen LogP contribution < -0.4 is 10.6 Å². The van der Waals surface area contributed by atoms with Crippen LogP contribution in [-0.4, -0.2) is 22.8 Å². The molecule has 2 amide bonds. The first-order chi connectivity index (χ1) is 13.6. The summed E-state index contributed by atoms with van der Waals surface area (Å²) in [6.07, 6.45) is 9.15. The van der Waals surface area contributed by atoms with Crippen LogP contribution in [0.4, 0.5) is 5.69 Å². The Labute approximate surface area is 167 Å². The van der Waals surface area contributed by atoms with Crippen molar-refractivity contribution in [1.29, 1.82) is 0 Å². The summed E-state index contributed by atoms with van der Waals surface area (Å²) in [5, 5.41) is 6.09. The van der Waals surface area contributed by atoms with Gasteiger partial charge in [-0.1, -0.05) is 50.8 Å². The standard InChI is InChI=1S/C23H29N3O2/c1-3-17-10-8-9-16(2)21(17)26-22(27)18-13-14-24-20(15-18)23(28)25-19-11-6-4-5-7-12-19/h8-10,13-15,19H,3-7,11-12H2,1-2H3,(H,25,28)(H,26,27). The molecule has 2 aromatic rings. The number of para-hydroxylation sites is 1. The van der Waals surface area contributed by atoms with Gasteiger partial charge in [-0.15, -0.1) is 0 Å². The van der Waals surface area contributed by atoms with E-state index in [0.717, 1.165) is 48.9 Å². The first kappa shape index (κ1) is 20.1. The average molecular weight is 380 g/mol. The average Bonchev–Trinajstić information content (AvgIpc) is 2.98. The van der Waals surface area contributed by atoms with Gasteiger partial charge in [-0.2, -0.15) is 0 Å². The third kappa shape index (κ3) is 4.97. The number of benzene rings is 1. The fourth-order valence-corrected chi connectivity index (χ4v) is 3.77. The number of nitrogens with zero attached hydrogens (tertiary/aromatic N) is 1. The Bertz CT molecular complexity index is 839. The van der Waals surface area contributed by atoms with E-state index in [9.17, 15) is 9.59 Å². The Morgan fingerprint density at radius 1 is 1.07 bits per heavy atom. The number of carbonyl (C=O) groups excluding carboxylic acids is 2. The molecule has 1 aliphatic carbocycles. The molecule has 28 heavy (non-hydrogen) atoms. The Kier molecular flexibility index (Phi) is 6.80. The molecule has 148 valence electrons. The zero-order valence-corrected chi connectivity index (χ0v) is 16.8. The van der Waals surface area contributed by atoms with Crippen LogP contribution in [0.3, 0.4) is 0 Å². The summed E-state index contributed by atoms with van der Waals surface area (Å²) in [4.78, 5) is 29.6. The van der Waals surface area contributed by atoms with Gasteiger partial charge in [0.05, 0.1) is 0 Å². The van der Waals surface area contributed by atoms with Gasteiger partial charge in [0, 0.05) is 23.5 Å². The van der Waals surface area contributed by atoms with Crippen LogP contribution in [0.5, 0.6) is 0 Å². The van der Waals surface area contributed by atoms with Gasteiger partial charge in [0.1, 0.15) is 5.69 Å². The van der Waals surface area contributed by atoms with Crippen molar-refractivity contribution in [1.82, 2.24) is 10.3 Å². The number of carbonyl (C=O) groups is 2. The normalized spacial score (nSPS) is 14.9. The van der Waals surface area contributed by atoms with Crippen LogP contribution >= 0.6 is 0 Å². The van der Waals surface area contributed by atoms with Gasteiger partial charge >= 0.3 is 0 Å². The van der Waals surface area contributed by atoms with Crippen molar-refractivity contribution in [3.05, 3.63) is 58.9 Å². The maximum absolute atomic E-state index is 12.8. The minimum Gasteiger partial charge on any atom is -0.348 e. The molecule has 0 atom stereocenters. The Balaban J connectivity index is 1.72. The van der Waals surface area contributed by atoms with Crippen molar-refractivity contribution < 1.29 is 9.59 Å². The smallest absolute Gasteiger partial charge is 0.270 e. The SMILES string of the molecule is CCc1cccc(C)c1NC(=O)c1ccnc(C(=O)NC2CCCCCC2)c1. The number of anilines is 1. The molecular weight excluding hydrogens is 350 g/mol. The van der Waals surface area contributed by atoms with Gasteiger partial charge in [0.15, 0.2) is 0 Å². The van der Waals surface area contributed by atoms with E-state index in [1.54, 1.807) is 12.1 Å². The van der Waals surface area contributed by atoms with Crippen LogP contribution in [0.25, 0.3) is 0 Å². The highest BCUT2D eigenvalue weighted by molar-refractivity contribution is 6.06. The molecule has 1 heterocycles. The lowest BCUT2D eigenvalue weighted by atomic mass is 10.1. The molecule has 0 saturated heterocycles. The van der Waals surface area contributed by atoms with Crippen molar-refractivity contribution in [2.75, 3.05) is 5.32 Å². The predicted molar refractivity (Wildman–Crippen MR) is 112 cm³/mol. The van der Waals surface area contributed by atoms with E-state index in [1.165, 1.54) is 19.0 Å². The Morgan fingerprint density at radius 2 is 1.82 bits per heavy atom. The van der Waals surface area contributed by atoms with Crippen LogP contribution in [0.1, 0.15) is 77.4 Å². The first-order valence-electron chi connectivity index (χ1n) is 10.2. The van der Waals surface area contributed by atoms with Crippen molar-refractivity contribution in [3.8, 4) is 0 Å². The predicted octanol–water partition coefficient (Wildman–Crippen LogP) is 4.66. The fraction of sp³-hybridized carbons (Fsp3) is 0.435. The minimum atomic E-state index is -0.227. The summed E-state index contributed by atoms with van der Waals surface area (Å²) < 4.78 is 0. The van der Waals surface area contributed by atoms with Crippen molar-refractivity contribution >= 4 is 17.5 Å².